The van der Waals surface area contributed by atoms with Crippen LogP contribution >= 0.6 is 0 Å². The molecule has 0 amide bonds. The molecule has 0 bridgehead atoms. The predicted molar refractivity (Wildman–Crippen MR) is 63.2 cm³/mol. The third-order valence-corrected chi connectivity index (χ3v) is 7.26. The molecule has 0 aliphatic carbocycles. The molecule has 2 nitrogen and oxygen atoms in total. The van der Waals surface area contributed by atoms with Crippen LogP contribution in [0.4, 0.5) is 0 Å². The number of hydrogen-bond donors (Lipinski definition) is 0. The molecule has 0 fully saturated rings. The van der Waals surface area contributed by atoms with Crippen molar-refractivity contribution in [2.45, 2.75) is 44.7 Å². The van der Waals surface area contributed by atoms with Gasteiger partial charge in [-0.15, -0.1) is 0 Å². The van der Waals surface area contributed by atoms with Gasteiger partial charge in [-0.05, 0) is 12.6 Å². The van der Waals surface area contributed by atoms with Gasteiger partial charge in [0.1, 0.15) is 0 Å². The maximum Gasteiger partial charge on any atom is 0.334 e. The van der Waals surface area contributed by atoms with Crippen LogP contribution in [0.5, 0.6) is 0 Å². The van der Waals surface area contributed by atoms with Gasteiger partial charge in [-0.25, -0.2) is 0 Å². The molecule has 80 valence electrons. The van der Waals surface area contributed by atoms with E-state index in [2.05, 4.69) is 26.2 Å². The highest BCUT2D eigenvalue weighted by atomic mass is 28.4. The molecule has 0 aromatic carbocycles. The smallest absolute Gasteiger partial charge is 0.334 e. The summed E-state index contributed by atoms with van der Waals surface area (Å²) in [6.07, 6.45) is 1.26. The van der Waals surface area contributed by atoms with Gasteiger partial charge in [-0.2, -0.15) is 0 Å². The molecule has 0 N–H and O–H groups in total. The summed E-state index contributed by atoms with van der Waals surface area (Å²) in [5.41, 5.74) is 0. The molecule has 0 unspecified atom stereocenters. The van der Waals surface area contributed by atoms with Gasteiger partial charge in [0, 0.05) is 22.3 Å². The number of hydrogen-bond acceptors (Lipinski definition) is 2. The quantitative estimate of drug-likeness (QED) is 0.641. The molecule has 0 spiro atoms. The highest BCUT2D eigenvalue weighted by Gasteiger charge is 2.28. The maximum absolute atomic E-state index is 5.43. The molecule has 0 heterocycles. The SMILES string of the molecule is CO[Si](C)(CCC[Si](C)(C)C)OC. The topological polar surface area (TPSA) is 18.5 Å². The lowest BCUT2D eigenvalue weighted by molar-refractivity contribution is 0.249. The fourth-order valence-electron chi connectivity index (χ4n) is 1.23. The van der Waals surface area contributed by atoms with Crippen LogP contribution in [0.15, 0.2) is 0 Å². The normalized spacial score (nSPS) is 13.4. The molecule has 0 aliphatic rings. The van der Waals surface area contributed by atoms with Gasteiger partial charge in [-0.3, -0.25) is 0 Å². The average molecular weight is 220 g/mol. The minimum atomic E-state index is -1.77. The van der Waals surface area contributed by atoms with Crippen LogP contribution in [0.1, 0.15) is 6.42 Å². The van der Waals surface area contributed by atoms with E-state index in [9.17, 15) is 0 Å². The zero-order chi connectivity index (χ0) is 10.5. The Balaban J connectivity index is 3.74. The minimum Gasteiger partial charge on any atom is -0.398 e. The second-order valence-corrected chi connectivity index (χ2v) is 14.2. The summed E-state index contributed by atoms with van der Waals surface area (Å²) in [5.74, 6) is 0. The van der Waals surface area contributed by atoms with E-state index in [1.807, 2.05) is 0 Å². The Morgan fingerprint density at radius 3 is 1.62 bits per heavy atom. The second-order valence-electron chi connectivity index (χ2n) is 4.96. The van der Waals surface area contributed by atoms with Gasteiger partial charge >= 0.3 is 8.56 Å². The summed E-state index contributed by atoms with van der Waals surface area (Å²) in [4.78, 5) is 0. The molecule has 0 atom stereocenters. The summed E-state index contributed by atoms with van der Waals surface area (Å²) < 4.78 is 10.9. The fraction of sp³-hybridized carbons (Fsp3) is 1.00. The molecule has 0 rings (SSSR count). The molecular weight excluding hydrogens is 196 g/mol. The van der Waals surface area contributed by atoms with E-state index in [0.29, 0.717) is 0 Å². The van der Waals surface area contributed by atoms with E-state index in [-0.39, 0.29) is 0 Å². The van der Waals surface area contributed by atoms with Gasteiger partial charge in [0.05, 0.1) is 0 Å². The summed E-state index contributed by atoms with van der Waals surface area (Å²) >= 11 is 0. The van der Waals surface area contributed by atoms with Crippen molar-refractivity contribution in [3.8, 4) is 0 Å². The molecule has 13 heavy (non-hydrogen) atoms. The molecule has 4 heteroatoms. The van der Waals surface area contributed by atoms with E-state index in [4.69, 9.17) is 8.85 Å². The third-order valence-electron chi connectivity index (χ3n) is 2.42. The first-order chi connectivity index (χ1) is 5.83. The molecule has 0 aliphatic heterocycles. The van der Waals surface area contributed by atoms with E-state index in [1.165, 1.54) is 12.5 Å². The van der Waals surface area contributed by atoms with Crippen molar-refractivity contribution in [3.05, 3.63) is 0 Å². The monoisotopic (exact) mass is 220 g/mol. The van der Waals surface area contributed by atoms with Crippen LogP contribution in [-0.4, -0.2) is 30.9 Å². The fourth-order valence-corrected chi connectivity index (χ4v) is 4.21. The van der Waals surface area contributed by atoms with Crippen molar-refractivity contribution in [2.24, 2.45) is 0 Å². The largest absolute Gasteiger partial charge is 0.398 e. The molecule has 0 saturated carbocycles. The standard InChI is InChI=1S/C9H24O2Si2/c1-10-13(6,11-2)9-7-8-12(3,4)5/h7-9H2,1-6H3. The van der Waals surface area contributed by atoms with Crippen LogP contribution in [0.3, 0.4) is 0 Å². The van der Waals surface area contributed by atoms with Crippen molar-refractivity contribution in [1.82, 2.24) is 0 Å². The third kappa shape index (κ3) is 6.43. The molecule has 0 aromatic rings. The van der Waals surface area contributed by atoms with Gasteiger partial charge in [0.2, 0.25) is 0 Å². The van der Waals surface area contributed by atoms with Gasteiger partial charge < -0.3 is 8.85 Å². The van der Waals surface area contributed by atoms with E-state index in [1.54, 1.807) is 14.2 Å². The van der Waals surface area contributed by atoms with Crippen LogP contribution in [0, 0.1) is 0 Å². The molecule has 0 aromatic heterocycles. The molecular formula is C9H24O2Si2. The number of rotatable bonds is 6. The first-order valence-corrected chi connectivity index (χ1v) is 11.2. The highest BCUT2D eigenvalue weighted by molar-refractivity contribution is 6.76. The maximum atomic E-state index is 5.43. The highest BCUT2D eigenvalue weighted by Crippen LogP contribution is 2.19. The molecule has 0 saturated heterocycles. The summed E-state index contributed by atoms with van der Waals surface area (Å²) in [7, 11) is 0.890. The van der Waals surface area contributed by atoms with Crippen LogP contribution in [-0.2, 0) is 8.85 Å². The molecule has 0 radical (unpaired) electrons. The lowest BCUT2D eigenvalue weighted by atomic mass is 10.6. The van der Waals surface area contributed by atoms with Gasteiger partial charge in [0.15, 0.2) is 0 Å². The summed E-state index contributed by atoms with van der Waals surface area (Å²) in [5, 5.41) is 0. The van der Waals surface area contributed by atoms with Crippen molar-refractivity contribution in [3.63, 3.8) is 0 Å². The van der Waals surface area contributed by atoms with Crippen molar-refractivity contribution < 1.29 is 8.85 Å². The van der Waals surface area contributed by atoms with Gasteiger partial charge in [0.25, 0.3) is 0 Å². The van der Waals surface area contributed by atoms with E-state index in [0.717, 1.165) is 6.04 Å². The van der Waals surface area contributed by atoms with Crippen LogP contribution in [0.25, 0.3) is 0 Å². The van der Waals surface area contributed by atoms with E-state index >= 15 is 0 Å². The Kier molecular flexibility index (Phi) is 5.43. The second kappa shape index (κ2) is 5.29. The predicted octanol–water partition coefficient (Wildman–Crippen LogP) is 3.08. The summed E-state index contributed by atoms with van der Waals surface area (Å²) in [6.45, 7) is 9.36. The lowest BCUT2D eigenvalue weighted by Gasteiger charge is -2.24. The minimum absolute atomic E-state index is 0.871. The van der Waals surface area contributed by atoms with Crippen LogP contribution < -0.4 is 0 Å². The van der Waals surface area contributed by atoms with Crippen molar-refractivity contribution in [1.29, 1.82) is 0 Å². The first-order valence-electron chi connectivity index (χ1n) is 4.93. The van der Waals surface area contributed by atoms with Gasteiger partial charge in [-0.1, -0.05) is 32.1 Å². The zero-order valence-corrected chi connectivity index (χ0v) is 11.9. The Morgan fingerprint density at radius 1 is 0.846 bits per heavy atom. The average Bonchev–Trinajstić information content (AvgIpc) is 2.02. The van der Waals surface area contributed by atoms with E-state index < -0.39 is 16.6 Å². The summed E-state index contributed by atoms with van der Waals surface area (Å²) in [6, 6.07) is 2.51. The van der Waals surface area contributed by atoms with Crippen molar-refractivity contribution >= 4 is 16.6 Å². The van der Waals surface area contributed by atoms with Crippen LogP contribution in [0.2, 0.25) is 38.3 Å². The zero-order valence-electron chi connectivity index (χ0n) is 9.94. The Bertz CT molecular complexity index is 139. The lowest BCUT2D eigenvalue weighted by Crippen LogP contribution is -2.36. The Morgan fingerprint density at radius 2 is 1.31 bits per heavy atom. The first kappa shape index (κ1) is 13.4. The Labute approximate surface area is 84.9 Å². The Hall–Kier alpha value is 0.354. The van der Waals surface area contributed by atoms with Crippen molar-refractivity contribution in [2.75, 3.05) is 14.2 Å².